The Morgan fingerprint density at radius 2 is 1.88 bits per heavy atom. The van der Waals surface area contributed by atoms with Crippen LogP contribution in [0.25, 0.3) is 0 Å². The van der Waals surface area contributed by atoms with Gasteiger partial charge in [0.1, 0.15) is 0 Å². The molecule has 1 unspecified atom stereocenters. The molecule has 0 spiro atoms. The van der Waals surface area contributed by atoms with Gasteiger partial charge < -0.3 is 4.74 Å². The second-order valence-corrected chi connectivity index (χ2v) is 3.88. The van der Waals surface area contributed by atoms with Gasteiger partial charge in [-0.1, -0.05) is 19.1 Å². The summed E-state index contributed by atoms with van der Waals surface area (Å²) in [5, 5.41) is 0. The summed E-state index contributed by atoms with van der Waals surface area (Å²) < 4.78 is 42.1. The molecular formula is C12H19F3O. The van der Waals surface area contributed by atoms with Gasteiger partial charge in [-0.3, -0.25) is 0 Å². The van der Waals surface area contributed by atoms with Gasteiger partial charge in [0, 0.05) is 7.11 Å². The largest absolute Gasteiger partial charge is 0.393 e. The average Bonchev–Trinajstić information content (AvgIpc) is 2.15. The Labute approximate surface area is 95.0 Å². The smallest absolute Gasteiger partial charge is 0.374 e. The van der Waals surface area contributed by atoms with E-state index in [0.29, 0.717) is 6.42 Å². The van der Waals surface area contributed by atoms with Crippen LogP contribution in [0.5, 0.6) is 0 Å². The van der Waals surface area contributed by atoms with Gasteiger partial charge in [-0.25, -0.2) is 0 Å². The molecule has 0 radical (unpaired) electrons. The maximum absolute atomic E-state index is 12.3. The van der Waals surface area contributed by atoms with Gasteiger partial charge in [0.25, 0.3) is 0 Å². The van der Waals surface area contributed by atoms with Gasteiger partial charge in [0.2, 0.25) is 0 Å². The van der Waals surface area contributed by atoms with Gasteiger partial charge in [0.05, 0.1) is 12.0 Å². The third kappa shape index (κ3) is 5.95. The predicted molar refractivity (Wildman–Crippen MR) is 59.3 cm³/mol. The summed E-state index contributed by atoms with van der Waals surface area (Å²) in [5.41, 5.74) is -0.402. The highest BCUT2D eigenvalue weighted by atomic mass is 19.4. The lowest BCUT2D eigenvalue weighted by Gasteiger charge is -2.24. The van der Waals surface area contributed by atoms with E-state index < -0.39 is 18.2 Å². The van der Waals surface area contributed by atoms with E-state index in [1.165, 1.54) is 13.2 Å². The van der Waals surface area contributed by atoms with Crippen molar-refractivity contribution >= 4 is 0 Å². The number of alkyl halides is 3. The van der Waals surface area contributed by atoms with E-state index in [1.807, 2.05) is 6.92 Å². The minimum Gasteiger partial charge on any atom is -0.374 e. The average molecular weight is 236 g/mol. The summed E-state index contributed by atoms with van der Waals surface area (Å²) >= 11 is 0. The maximum atomic E-state index is 12.3. The second kappa shape index (κ2) is 6.09. The molecule has 0 saturated heterocycles. The minimum atomic E-state index is -4.19. The van der Waals surface area contributed by atoms with Crippen LogP contribution in [0.2, 0.25) is 0 Å². The lowest BCUT2D eigenvalue weighted by atomic mass is 9.97. The number of rotatable bonds is 5. The Bertz CT molecular complexity index is 260. The molecule has 0 aromatic heterocycles. The Hall–Kier alpha value is -0.770. The van der Waals surface area contributed by atoms with E-state index in [1.54, 1.807) is 26.0 Å². The molecule has 0 amide bonds. The molecule has 0 saturated carbocycles. The Morgan fingerprint density at radius 1 is 1.31 bits per heavy atom. The van der Waals surface area contributed by atoms with E-state index in [4.69, 9.17) is 4.74 Å². The number of hydrogen-bond donors (Lipinski definition) is 0. The molecule has 0 N–H and O–H groups in total. The van der Waals surface area contributed by atoms with Gasteiger partial charge in [0.15, 0.2) is 0 Å². The number of allylic oxidation sites excluding steroid dienone is 3. The summed E-state index contributed by atoms with van der Waals surface area (Å²) in [6.07, 6.45) is 0.136. The monoisotopic (exact) mass is 236 g/mol. The molecular weight excluding hydrogens is 217 g/mol. The number of hydrogen-bond acceptors (Lipinski definition) is 1. The SMILES string of the molecule is C/C=C\C(=C/C(C)(CC)OC)CC(F)(F)F. The Morgan fingerprint density at radius 3 is 2.19 bits per heavy atom. The Balaban J connectivity index is 4.97. The van der Waals surface area contributed by atoms with Crippen LogP contribution in [0.4, 0.5) is 13.2 Å². The van der Waals surface area contributed by atoms with Crippen molar-refractivity contribution in [2.75, 3.05) is 7.11 Å². The maximum Gasteiger partial charge on any atom is 0.393 e. The predicted octanol–water partition coefficient (Wildman–Crippen LogP) is 4.26. The first-order chi connectivity index (χ1) is 7.26. The van der Waals surface area contributed by atoms with Crippen molar-refractivity contribution in [2.24, 2.45) is 0 Å². The second-order valence-electron chi connectivity index (χ2n) is 3.88. The molecule has 0 aromatic carbocycles. The summed E-state index contributed by atoms with van der Waals surface area (Å²) in [5.74, 6) is 0. The summed E-state index contributed by atoms with van der Waals surface area (Å²) in [4.78, 5) is 0. The molecule has 16 heavy (non-hydrogen) atoms. The summed E-state index contributed by atoms with van der Waals surface area (Å²) in [7, 11) is 1.50. The highest BCUT2D eigenvalue weighted by molar-refractivity contribution is 5.23. The van der Waals surface area contributed by atoms with Crippen LogP contribution < -0.4 is 0 Å². The minimum absolute atomic E-state index is 0.237. The third-order valence-corrected chi connectivity index (χ3v) is 2.44. The molecule has 0 aliphatic carbocycles. The van der Waals surface area contributed by atoms with Crippen LogP contribution in [0.15, 0.2) is 23.8 Å². The zero-order valence-electron chi connectivity index (χ0n) is 10.2. The van der Waals surface area contributed by atoms with E-state index in [0.717, 1.165) is 0 Å². The first-order valence-corrected chi connectivity index (χ1v) is 5.22. The van der Waals surface area contributed by atoms with Crippen LogP contribution in [-0.2, 0) is 4.74 Å². The molecule has 1 atom stereocenters. The Kier molecular flexibility index (Phi) is 5.79. The molecule has 0 aromatic rings. The van der Waals surface area contributed by atoms with Crippen LogP contribution in [0.3, 0.4) is 0 Å². The molecule has 0 heterocycles. The van der Waals surface area contributed by atoms with Gasteiger partial charge >= 0.3 is 6.18 Å². The fourth-order valence-corrected chi connectivity index (χ4v) is 1.30. The zero-order chi connectivity index (χ0) is 12.8. The van der Waals surface area contributed by atoms with E-state index in [9.17, 15) is 13.2 Å². The van der Waals surface area contributed by atoms with Gasteiger partial charge in [-0.05, 0) is 31.9 Å². The third-order valence-electron chi connectivity index (χ3n) is 2.44. The van der Waals surface area contributed by atoms with Crippen molar-refractivity contribution in [1.82, 2.24) is 0 Å². The van der Waals surface area contributed by atoms with Crippen molar-refractivity contribution < 1.29 is 17.9 Å². The molecule has 0 aliphatic rings. The van der Waals surface area contributed by atoms with Crippen molar-refractivity contribution in [3.63, 3.8) is 0 Å². The van der Waals surface area contributed by atoms with Crippen molar-refractivity contribution in [3.05, 3.63) is 23.8 Å². The van der Waals surface area contributed by atoms with Crippen LogP contribution in [-0.4, -0.2) is 18.9 Å². The summed E-state index contributed by atoms with van der Waals surface area (Å²) in [6, 6.07) is 0. The fraction of sp³-hybridized carbons (Fsp3) is 0.667. The molecule has 0 bridgehead atoms. The molecule has 94 valence electrons. The van der Waals surface area contributed by atoms with Gasteiger partial charge in [-0.15, -0.1) is 0 Å². The van der Waals surface area contributed by atoms with E-state index in [2.05, 4.69) is 0 Å². The molecule has 4 heteroatoms. The first kappa shape index (κ1) is 15.2. The van der Waals surface area contributed by atoms with Crippen LogP contribution in [0.1, 0.15) is 33.6 Å². The van der Waals surface area contributed by atoms with Crippen molar-refractivity contribution in [2.45, 2.75) is 45.4 Å². The highest BCUT2D eigenvalue weighted by Gasteiger charge is 2.29. The van der Waals surface area contributed by atoms with Crippen LogP contribution >= 0.6 is 0 Å². The van der Waals surface area contributed by atoms with Crippen molar-refractivity contribution in [1.29, 1.82) is 0 Å². The van der Waals surface area contributed by atoms with Crippen LogP contribution in [0, 0.1) is 0 Å². The number of ether oxygens (including phenoxy) is 1. The highest BCUT2D eigenvalue weighted by Crippen LogP contribution is 2.28. The number of methoxy groups -OCH3 is 1. The molecule has 0 fully saturated rings. The quantitative estimate of drug-likeness (QED) is 0.648. The normalized spacial score (nSPS) is 17.8. The number of halogens is 3. The fourth-order valence-electron chi connectivity index (χ4n) is 1.30. The van der Waals surface area contributed by atoms with Crippen molar-refractivity contribution in [3.8, 4) is 0 Å². The first-order valence-electron chi connectivity index (χ1n) is 5.22. The topological polar surface area (TPSA) is 9.23 Å². The lowest BCUT2D eigenvalue weighted by molar-refractivity contribution is -0.126. The van der Waals surface area contributed by atoms with E-state index in [-0.39, 0.29) is 5.57 Å². The summed E-state index contributed by atoms with van der Waals surface area (Å²) in [6.45, 7) is 5.34. The lowest BCUT2D eigenvalue weighted by Crippen LogP contribution is -2.24. The molecule has 1 nitrogen and oxygen atoms in total. The molecule has 0 aliphatic heterocycles. The standard InChI is InChI=1S/C12H19F3O/c1-5-7-10(9-12(13,14)15)8-11(3,6-2)16-4/h5,7-8H,6,9H2,1-4H3/b7-5-,10-8+. The zero-order valence-corrected chi connectivity index (χ0v) is 10.2. The van der Waals surface area contributed by atoms with Gasteiger partial charge in [-0.2, -0.15) is 13.2 Å². The van der Waals surface area contributed by atoms with E-state index >= 15 is 0 Å². The molecule has 0 rings (SSSR count).